The van der Waals surface area contributed by atoms with Crippen LogP contribution in [0.5, 0.6) is 0 Å². The van der Waals surface area contributed by atoms with Gasteiger partial charge in [0, 0.05) is 18.7 Å². The molecule has 4 rings (SSSR count). The van der Waals surface area contributed by atoms with E-state index in [-0.39, 0.29) is 24.0 Å². The monoisotopic (exact) mass is 342 g/mol. The first kappa shape index (κ1) is 15.9. The van der Waals surface area contributed by atoms with Gasteiger partial charge < -0.3 is 15.2 Å². The summed E-state index contributed by atoms with van der Waals surface area (Å²) in [7, 11) is 0. The number of nitrogens with one attached hydrogen (secondary N) is 2. The lowest BCUT2D eigenvalue weighted by molar-refractivity contribution is -0.126. The van der Waals surface area contributed by atoms with Gasteiger partial charge in [-0.3, -0.25) is 14.2 Å². The van der Waals surface area contributed by atoms with Crippen molar-refractivity contribution in [2.45, 2.75) is 38.8 Å². The molecule has 132 valence electrons. The summed E-state index contributed by atoms with van der Waals surface area (Å²) in [4.78, 5) is 41.3. The van der Waals surface area contributed by atoms with Crippen molar-refractivity contribution in [1.82, 2.24) is 19.8 Å². The van der Waals surface area contributed by atoms with Gasteiger partial charge in [0.25, 0.3) is 5.91 Å². The Morgan fingerprint density at radius 1 is 1.28 bits per heavy atom. The van der Waals surface area contributed by atoms with E-state index in [0.29, 0.717) is 23.5 Å². The second kappa shape index (κ2) is 5.47. The van der Waals surface area contributed by atoms with Crippen molar-refractivity contribution in [2.75, 3.05) is 13.1 Å². The molecule has 2 aliphatic rings. The maximum atomic E-state index is 12.9. The Bertz CT molecular complexity index is 920. The summed E-state index contributed by atoms with van der Waals surface area (Å²) >= 11 is 0. The molecule has 2 fully saturated rings. The lowest BCUT2D eigenvalue weighted by Crippen LogP contribution is -2.62. The van der Waals surface area contributed by atoms with Crippen LogP contribution in [0.3, 0.4) is 0 Å². The Balaban J connectivity index is 1.68. The minimum Gasteiger partial charge on any atom is -0.352 e. The van der Waals surface area contributed by atoms with Crippen molar-refractivity contribution >= 4 is 22.8 Å². The highest BCUT2D eigenvalue weighted by atomic mass is 16.2. The number of carbonyl (C=O) groups excluding carboxylic acids is 2. The van der Waals surface area contributed by atoms with E-state index < -0.39 is 5.54 Å². The molecule has 1 saturated heterocycles. The third-order valence-electron chi connectivity index (χ3n) is 5.15. The number of hydrogen-bond acceptors (Lipinski definition) is 3. The van der Waals surface area contributed by atoms with Crippen molar-refractivity contribution in [3.63, 3.8) is 0 Å². The van der Waals surface area contributed by atoms with Crippen LogP contribution in [0.15, 0.2) is 23.0 Å². The number of nitrogens with zero attached hydrogens (tertiary/aromatic N) is 2. The summed E-state index contributed by atoms with van der Waals surface area (Å²) in [6.07, 6.45) is 2.34. The van der Waals surface area contributed by atoms with E-state index in [4.69, 9.17) is 0 Å². The average Bonchev–Trinajstić information content (AvgIpc) is 3.33. The van der Waals surface area contributed by atoms with Gasteiger partial charge in [-0.15, -0.1) is 0 Å². The molecule has 1 aliphatic heterocycles. The third kappa shape index (κ3) is 2.83. The standard InChI is InChI=1S/C18H22N4O3/c1-18(2)10-19-15(23)9-22(18)16(24)12-5-6-14-13(7-12)20-17(25)21(14)8-11-3-4-11/h5-7,11H,3-4,8-10H2,1-2H3,(H,19,23)(H,20,25). The van der Waals surface area contributed by atoms with E-state index in [9.17, 15) is 14.4 Å². The van der Waals surface area contributed by atoms with Crippen LogP contribution in [0, 0.1) is 5.92 Å². The molecule has 7 nitrogen and oxygen atoms in total. The van der Waals surface area contributed by atoms with Crippen LogP contribution < -0.4 is 11.0 Å². The summed E-state index contributed by atoms with van der Waals surface area (Å²) in [5.74, 6) is 0.237. The van der Waals surface area contributed by atoms with E-state index in [1.807, 2.05) is 19.9 Å². The smallest absolute Gasteiger partial charge is 0.326 e. The van der Waals surface area contributed by atoms with Crippen molar-refractivity contribution in [1.29, 1.82) is 0 Å². The van der Waals surface area contributed by atoms with Gasteiger partial charge in [-0.1, -0.05) is 0 Å². The predicted molar refractivity (Wildman–Crippen MR) is 93.4 cm³/mol. The largest absolute Gasteiger partial charge is 0.352 e. The molecule has 1 saturated carbocycles. The molecule has 2 heterocycles. The van der Waals surface area contributed by atoms with Crippen molar-refractivity contribution in [3.8, 4) is 0 Å². The highest BCUT2D eigenvalue weighted by Gasteiger charge is 2.37. The fraction of sp³-hybridized carbons (Fsp3) is 0.500. The highest BCUT2D eigenvalue weighted by Crippen LogP contribution is 2.31. The molecule has 0 atom stereocenters. The topological polar surface area (TPSA) is 87.2 Å². The number of amides is 2. The zero-order valence-corrected chi connectivity index (χ0v) is 14.5. The lowest BCUT2D eigenvalue weighted by atomic mass is 9.98. The number of rotatable bonds is 3. The van der Waals surface area contributed by atoms with Crippen LogP contribution >= 0.6 is 0 Å². The summed E-state index contributed by atoms with van der Waals surface area (Å²) in [5, 5.41) is 2.79. The molecule has 2 aromatic rings. The number of piperazine rings is 1. The van der Waals surface area contributed by atoms with Gasteiger partial charge in [-0.2, -0.15) is 0 Å². The zero-order valence-electron chi connectivity index (χ0n) is 14.5. The molecule has 0 bridgehead atoms. The molecule has 7 heteroatoms. The second-order valence-electron chi connectivity index (χ2n) is 7.70. The van der Waals surface area contributed by atoms with Crippen molar-refractivity contribution in [2.24, 2.45) is 5.92 Å². The van der Waals surface area contributed by atoms with Gasteiger partial charge in [-0.05, 0) is 50.8 Å². The molecule has 1 aromatic carbocycles. The normalized spacial score (nSPS) is 19.9. The molecule has 0 spiro atoms. The number of carbonyl (C=O) groups is 2. The molecule has 25 heavy (non-hydrogen) atoms. The van der Waals surface area contributed by atoms with Crippen LogP contribution in [0.1, 0.15) is 37.0 Å². The highest BCUT2D eigenvalue weighted by molar-refractivity contribution is 6.00. The van der Waals surface area contributed by atoms with Crippen LogP contribution in [0.25, 0.3) is 11.0 Å². The molecule has 2 amide bonds. The molecule has 1 aromatic heterocycles. The van der Waals surface area contributed by atoms with Gasteiger partial charge in [-0.25, -0.2) is 4.79 Å². The van der Waals surface area contributed by atoms with Gasteiger partial charge >= 0.3 is 5.69 Å². The van der Waals surface area contributed by atoms with E-state index in [2.05, 4.69) is 10.3 Å². The van der Waals surface area contributed by atoms with Gasteiger partial charge in [0.05, 0.1) is 16.6 Å². The number of aromatic amines is 1. The van der Waals surface area contributed by atoms with Gasteiger partial charge in [0.2, 0.25) is 5.91 Å². The number of benzene rings is 1. The van der Waals surface area contributed by atoms with Crippen molar-refractivity contribution < 1.29 is 9.59 Å². The predicted octanol–water partition coefficient (Wildman–Crippen LogP) is 1.09. The van der Waals surface area contributed by atoms with Crippen LogP contribution in [0.2, 0.25) is 0 Å². The van der Waals surface area contributed by atoms with E-state index in [1.54, 1.807) is 21.6 Å². The lowest BCUT2D eigenvalue weighted by Gasteiger charge is -2.42. The quantitative estimate of drug-likeness (QED) is 0.875. The Labute approximate surface area is 145 Å². The summed E-state index contributed by atoms with van der Waals surface area (Å²) in [6, 6.07) is 5.27. The average molecular weight is 342 g/mol. The molecular weight excluding hydrogens is 320 g/mol. The zero-order chi connectivity index (χ0) is 17.8. The first-order valence-corrected chi connectivity index (χ1v) is 8.66. The van der Waals surface area contributed by atoms with E-state index >= 15 is 0 Å². The minimum atomic E-state index is -0.453. The molecule has 0 unspecified atom stereocenters. The molecule has 0 radical (unpaired) electrons. The molecule has 1 aliphatic carbocycles. The number of imidazole rings is 1. The number of aromatic nitrogens is 2. The summed E-state index contributed by atoms with van der Waals surface area (Å²) in [5.41, 5.74) is 1.38. The number of fused-ring (bicyclic) bond motifs is 1. The Kier molecular flexibility index (Phi) is 3.49. The Hall–Kier alpha value is -2.57. The first-order valence-electron chi connectivity index (χ1n) is 8.66. The molecular formula is C18H22N4O3. The van der Waals surface area contributed by atoms with Crippen LogP contribution in [0.4, 0.5) is 0 Å². The van der Waals surface area contributed by atoms with Crippen LogP contribution in [-0.2, 0) is 11.3 Å². The minimum absolute atomic E-state index is 0.0447. The first-order chi connectivity index (χ1) is 11.8. The van der Waals surface area contributed by atoms with Crippen molar-refractivity contribution in [3.05, 3.63) is 34.2 Å². The van der Waals surface area contributed by atoms with E-state index in [1.165, 1.54) is 12.8 Å². The van der Waals surface area contributed by atoms with Gasteiger partial charge in [0.1, 0.15) is 6.54 Å². The molecule has 2 N–H and O–H groups in total. The maximum absolute atomic E-state index is 12.9. The van der Waals surface area contributed by atoms with Gasteiger partial charge in [0.15, 0.2) is 0 Å². The number of hydrogen-bond donors (Lipinski definition) is 2. The maximum Gasteiger partial charge on any atom is 0.326 e. The SMILES string of the molecule is CC1(C)CNC(=O)CN1C(=O)c1ccc2c(c1)[nH]c(=O)n2CC1CC1. The fourth-order valence-corrected chi connectivity index (χ4v) is 3.36. The fourth-order valence-electron chi connectivity index (χ4n) is 3.36. The Morgan fingerprint density at radius 3 is 2.76 bits per heavy atom. The van der Waals surface area contributed by atoms with Crippen LogP contribution in [-0.4, -0.2) is 44.9 Å². The Morgan fingerprint density at radius 2 is 2.04 bits per heavy atom. The summed E-state index contributed by atoms with van der Waals surface area (Å²) < 4.78 is 1.75. The summed E-state index contributed by atoms with van der Waals surface area (Å²) in [6.45, 7) is 5.05. The van der Waals surface area contributed by atoms with E-state index in [0.717, 1.165) is 12.1 Å². The second-order valence-corrected chi connectivity index (χ2v) is 7.70. The number of H-pyrrole nitrogens is 1. The third-order valence-corrected chi connectivity index (χ3v) is 5.15.